The third kappa shape index (κ3) is 7.27. The molecule has 2 aliphatic rings. The van der Waals surface area contributed by atoms with E-state index in [4.69, 9.17) is 22.6 Å². The number of carboxylic acids is 1. The smallest absolute Gasteiger partial charge is 0.353 e. The van der Waals surface area contributed by atoms with Crippen molar-refractivity contribution < 1.29 is 19.5 Å². The predicted molar refractivity (Wildman–Crippen MR) is 148 cm³/mol. The number of aliphatic imine (C=N–C) groups is 1. The van der Waals surface area contributed by atoms with Crippen LogP contribution in [-0.4, -0.2) is 80.6 Å². The zero-order chi connectivity index (χ0) is 26.2. The summed E-state index contributed by atoms with van der Waals surface area (Å²) in [5.74, 6) is 0.280. The van der Waals surface area contributed by atoms with Crippen LogP contribution >= 0.6 is 47.0 Å². The summed E-state index contributed by atoms with van der Waals surface area (Å²) in [6, 6.07) is 6.86. The highest BCUT2D eigenvalue weighted by molar-refractivity contribution is 8.06. The van der Waals surface area contributed by atoms with Crippen molar-refractivity contribution in [2.45, 2.75) is 22.1 Å². The maximum atomic E-state index is 12.9. The van der Waals surface area contributed by atoms with Gasteiger partial charge in [0, 0.05) is 27.1 Å². The van der Waals surface area contributed by atoms with Gasteiger partial charge in [-0.2, -0.15) is 11.8 Å². The third-order valence-electron chi connectivity index (χ3n) is 4.94. The molecule has 0 radical (unpaired) electrons. The average molecular weight is 570 g/mol. The van der Waals surface area contributed by atoms with Gasteiger partial charge in [0.15, 0.2) is 5.96 Å². The van der Waals surface area contributed by atoms with Crippen LogP contribution in [0.2, 0.25) is 0 Å². The van der Waals surface area contributed by atoms with Crippen LogP contribution in [0, 0.1) is 5.41 Å². The molecule has 0 aliphatic carbocycles. The van der Waals surface area contributed by atoms with E-state index in [0.29, 0.717) is 34.5 Å². The Balaban J connectivity index is 1.65. The Morgan fingerprint density at radius 2 is 1.97 bits per heavy atom. The average Bonchev–Trinajstić information content (AvgIpc) is 2.82. The lowest BCUT2D eigenvalue weighted by Crippen LogP contribution is -2.70. The minimum atomic E-state index is -1.18. The summed E-state index contributed by atoms with van der Waals surface area (Å²) >= 11 is 5.59. The van der Waals surface area contributed by atoms with Gasteiger partial charge in [0.05, 0.1) is 18.1 Å². The number of carboxylic acid groups (broad SMARTS) is 1. The normalized spacial score (nSPS) is 18.8. The third-order valence-corrected chi connectivity index (χ3v) is 9.57. The fourth-order valence-corrected chi connectivity index (χ4v) is 7.53. The Morgan fingerprint density at radius 1 is 1.22 bits per heavy atom. The van der Waals surface area contributed by atoms with E-state index in [2.05, 4.69) is 10.3 Å². The molecule has 2 atom stereocenters. The molecule has 0 spiro atoms. The Bertz CT molecular complexity index is 1090. The number of nitrogens with two attached hydrogens (primary N) is 3. The highest BCUT2D eigenvalue weighted by Crippen LogP contribution is 2.45. The molecule has 1 aromatic rings. The Kier molecular flexibility index (Phi) is 10.3. The van der Waals surface area contributed by atoms with Crippen molar-refractivity contribution >= 4 is 76.6 Å². The molecule has 2 amide bonds. The van der Waals surface area contributed by atoms with Crippen molar-refractivity contribution in [1.29, 1.82) is 5.41 Å². The first-order valence-electron chi connectivity index (χ1n) is 10.7. The SMILES string of the molecule is N=C(N)CSCc1ccccc1SC1=C(C(=O)O)N2C(=O)[C@@H](NC(=O)CSCCN=C(N)N)[C@H]2SC1. The van der Waals surface area contributed by atoms with Gasteiger partial charge >= 0.3 is 5.97 Å². The van der Waals surface area contributed by atoms with Crippen LogP contribution in [0.4, 0.5) is 0 Å². The van der Waals surface area contributed by atoms with E-state index in [-0.39, 0.29) is 29.2 Å². The highest BCUT2D eigenvalue weighted by atomic mass is 32.2. The first-order chi connectivity index (χ1) is 17.2. The molecule has 2 heterocycles. The molecule has 0 bridgehead atoms. The minimum absolute atomic E-state index is 0.00953. The van der Waals surface area contributed by atoms with Crippen molar-refractivity contribution in [3.63, 3.8) is 0 Å². The van der Waals surface area contributed by atoms with Gasteiger partial charge in [0.25, 0.3) is 5.91 Å². The van der Waals surface area contributed by atoms with Gasteiger partial charge in [0.2, 0.25) is 5.91 Å². The van der Waals surface area contributed by atoms with Crippen LogP contribution in [0.3, 0.4) is 0 Å². The number of rotatable bonds is 13. The molecular weight excluding hydrogens is 543 g/mol. The largest absolute Gasteiger partial charge is 0.477 e. The topological polar surface area (TPSA) is 201 Å². The molecule has 194 valence electrons. The fraction of sp³-hybridized carbons (Fsp3) is 0.381. The summed E-state index contributed by atoms with van der Waals surface area (Å²) in [7, 11) is 0. The van der Waals surface area contributed by atoms with E-state index in [0.717, 1.165) is 10.5 Å². The second kappa shape index (κ2) is 13.2. The molecule has 11 nitrogen and oxygen atoms in total. The van der Waals surface area contributed by atoms with Crippen LogP contribution in [0.25, 0.3) is 0 Å². The molecule has 0 aromatic heterocycles. The number of amidine groups is 1. The van der Waals surface area contributed by atoms with Crippen LogP contribution in [0.15, 0.2) is 44.8 Å². The second-order valence-corrected chi connectivity index (χ2v) is 12.0. The minimum Gasteiger partial charge on any atom is -0.477 e. The Labute approximate surface area is 225 Å². The first kappa shape index (κ1) is 28.1. The number of benzene rings is 1. The second-order valence-electron chi connectivity index (χ2n) is 7.62. The number of fused-ring (bicyclic) bond motifs is 1. The van der Waals surface area contributed by atoms with Crippen molar-refractivity contribution in [2.24, 2.45) is 22.2 Å². The number of β-lactam (4-membered cyclic amide) rings is 1. The van der Waals surface area contributed by atoms with E-state index in [1.54, 1.807) is 0 Å². The zero-order valence-corrected chi connectivity index (χ0v) is 22.4. The van der Waals surface area contributed by atoms with Gasteiger partial charge in [-0.1, -0.05) is 30.0 Å². The first-order valence-corrected chi connectivity index (χ1v) is 14.9. The van der Waals surface area contributed by atoms with E-state index in [1.807, 2.05) is 24.3 Å². The monoisotopic (exact) mass is 569 g/mol. The number of nitrogens with one attached hydrogen (secondary N) is 2. The van der Waals surface area contributed by atoms with E-state index in [9.17, 15) is 19.5 Å². The van der Waals surface area contributed by atoms with Crippen LogP contribution < -0.4 is 22.5 Å². The number of guanidine groups is 1. The van der Waals surface area contributed by atoms with Crippen molar-refractivity contribution in [3.05, 3.63) is 40.4 Å². The molecule has 1 aromatic carbocycles. The predicted octanol–water partition coefficient (Wildman–Crippen LogP) is 0.651. The fourth-order valence-electron chi connectivity index (χ4n) is 3.41. The van der Waals surface area contributed by atoms with Gasteiger partial charge in [-0.05, 0) is 11.6 Å². The van der Waals surface area contributed by atoms with Crippen molar-refractivity contribution in [2.75, 3.05) is 29.6 Å². The highest BCUT2D eigenvalue weighted by Gasteiger charge is 2.54. The lowest BCUT2D eigenvalue weighted by atomic mass is 10.1. The number of hydrogen-bond acceptors (Lipinski definition) is 9. The van der Waals surface area contributed by atoms with Crippen LogP contribution in [0.5, 0.6) is 0 Å². The molecular formula is C21H27N7O4S4. The Hall–Kier alpha value is -2.49. The number of nitrogens with zero attached hydrogens (tertiary/aromatic N) is 2. The van der Waals surface area contributed by atoms with Gasteiger partial charge in [-0.15, -0.1) is 23.5 Å². The van der Waals surface area contributed by atoms with Gasteiger partial charge < -0.3 is 27.6 Å². The summed E-state index contributed by atoms with van der Waals surface area (Å²) in [6.07, 6.45) is 0. The maximum absolute atomic E-state index is 12.9. The van der Waals surface area contributed by atoms with E-state index in [1.165, 1.54) is 51.9 Å². The Morgan fingerprint density at radius 3 is 2.67 bits per heavy atom. The van der Waals surface area contributed by atoms with Gasteiger partial charge in [-0.25, -0.2) is 4.79 Å². The van der Waals surface area contributed by atoms with Gasteiger partial charge in [-0.3, -0.25) is 24.9 Å². The molecule has 0 unspecified atom stereocenters. The lowest BCUT2D eigenvalue weighted by Gasteiger charge is -2.49. The van der Waals surface area contributed by atoms with Crippen molar-refractivity contribution in [3.8, 4) is 0 Å². The molecule has 9 N–H and O–H groups in total. The molecule has 1 fully saturated rings. The summed E-state index contributed by atoms with van der Waals surface area (Å²) in [5.41, 5.74) is 16.9. The summed E-state index contributed by atoms with van der Waals surface area (Å²) < 4.78 is 0. The number of carbonyl (C=O) groups is 3. The van der Waals surface area contributed by atoms with Crippen LogP contribution in [0.1, 0.15) is 5.56 Å². The van der Waals surface area contributed by atoms with Crippen molar-refractivity contribution in [1.82, 2.24) is 10.2 Å². The molecule has 2 aliphatic heterocycles. The molecule has 3 rings (SSSR count). The standard InChI is InChI=1S/C21H27N7O4S4/c22-14(23)9-34-7-11-3-1-2-4-12(11)36-13-8-35-19-16(18(30)28(19)17(13)20(31)32)27-15(29)10-33-6-5-26-21(24)25/h1-4,16,19H,5-10H2,(H3,22,23)(H,27,29)(H,31,32)(H4,24,25,26)/t16-,19-/m1/s1. The van der Waals surface area contributed by atoms with Gasteiger partial charge in [0.1, 0.15) is 22.9 Å². The number of carbonyl (C=O) groups excluding carboxylic acids is 2. The maximum Gasteiger partial charge on any atom is 0.353 e. The summed E-state index contributed by atoms with van der Waals surface area (Å²) in [5, 5.41) is 19.6. The summed E-state index contributed by atoms with van der Waals surface area (Å²) in [6.45, 7) is 0.390. The number of hydrogen-bond donors (Lipinski definition) is 6. The molecule has 1 saturated heterocycles. The number of amides is 2. The lowest BCUT2D eigenvalue weighted by molar-refractivity contribution is -0.150. The molecule has 36 heavy (non-hydrogen) atoms. The quantitative estimate of drug-likeness (QED) is 0.0843. The molecule has 15 heteroatoms. The van der Waals surface area contributed by atoms with E-state index < -0.39 is 23.3 Å². The number of thioether (sulfide) groups is 4. The zero-order valence-electron chi connectivity index (χ0n) is 19.1. The summed E-state index contributed by atoms with van der Waals surface area (Å²) in [4.78, 5) is 43.9. The van der Waals surface area contributed by atoms with E-state index >= 15 is 0 Å². The number of aliphatic carboxylic acids is 1. The molecule has 0 saturated carbocycles. The van der Waals surface area contributed by atoms with Crippen LogP contribution in [-0.2, 0) is 20.1 Å².